The molecule has 0 atom stereocenters. The molecule has 0 aromatic heterocycles. The lowest BCUT2D eigenvalue weighted by Gasteiger charge is -2.05. The summed E-state index contributed by atoms with van der Waals surface area (Å²) in [5.41, 5.74) is 1.27. The predicted octanol–water partition coefficient (Wildman–Crippen LogP) is 4.64. The van der Waals surface area contributed by atoms with E-state index in [9.17, 15) is 0 Å². The van der Waals surface area contributed by atoms with Crippen molar-refractivity contribution in [3.8, 4) is 5.75 Å². The van der Waals surface area contributed by atoms with Crippen LogP contribution in [-0.4, -0.2) is 13.7 Å². The maximum Gasteiger partial charge on any atom is 0.119 e. The van der Waals surface area contributed by atoms with E-state index < -0.39 is 0 Å². The molecule has 1 aromatic carbocycles. The lowest BCUT2D eigenvalue weighted by molar-refractivity contribution is 0.414. The second-order valence-electron chi connectivity index (χ2n) is 3.74. The number of hydrogen-bond donors (Lipinski definition) is 1. The summed E-state index contributed by atoms with van der Waals surface area (Å²) in [5.74, 6) is 0.927. The molecule has 0 amide bonds. The number of ether oxygens (including phenoxy) is 1. The van der Waals surface area contributed by atoms with E-state index >= 15 is 0 Å². The van der Waals surface area contributed by atoms with Gasteiger partial charge in [-0.3, -0.25) is 0 Å². The average molecular weight is 253 g/mol. The smallest absolute Gasteiger partial charge is 0.119 e. The fourth-order valence-corrected chi connectivity index (χ4v) is 1.19. The van der Waals surface area contributed by atoms with Gasteiger partial charge in [-0.25, -0.2) is 0 Å². The summed E-state index contributed by atoms with van der Waals surface area (Å²) in [7, 11) is 1.69. The Labute approximate surface area is 114 Å². The van der Waals surface area contributed by atoms with Crippen molar-refractivity contribution in [2.45, 2.75) is 54.0 Å². The molecule has 1 aromatic rings. The number of rotatable bonds is 5. The normalized spacial score (nSPS) is 8.56. The Kier molecular flexibility index (Phi) is 17.2. The molecule has 2 nitrogen and oxygen atoms in total. The van der Waals surface area contributed by atoms with Crippen molar-refractivity contribution in [1.29, 1.82) is 0 Å². The molecule has 0 aliphatic rings. The lowest BCUT2D eigenvalue weighted by atomic mass is 10.2. The molecule has 0 saturated heterocycles. The van der Waals surface area contributed by atoms with Gasteiger partial charge < -0.3 is 10.1 Å². The molecule has 106 valence electrons. The van der Waals surface area contributed by atoms with Gasteiger partial charge in [0.2, 0.25) is 0 Å². The largest absolute Gasteiger partial charge is 0.497 e. The van der Waals surface area contributed by atoms with Crippen molar-refractivity contribution in [3.63, 3.8) is 0 Å². The number of methoxy groups -OCH3 is 1. The van der Waals surface area contributed by atoms with Crippen LogP contribution in [0.15, 0.2) is 24.3 Å². The Bertz CT molecular complexity index is 261. The SMILES string of the molecule is CC.CCC.CCCNCc1cccc(OC)c1. The zero-order valence-electron chi connectivity index (χ0n) is 13.0. The van der Waals surface area contributed by atoms with Crippen molar-refractivity contribution >= 4 is 0 Å². The van der Waals surface area contributed by atoms with E-state index in [0.29, 0.717) is 0 Å². The fourth-order valence-electron chi connectivity index (χ4n) is 1.19. The maximum absolute atomic E-state index is 5.13. The summed E-state index contributed by atoms with van der Waals surface area (Å²) in [4.78, 5) is 0. The molecule has 0 saturated carbocycles. The highest BCUT2D eigenvalue weighted by molar-refractivity contribution is 5.28. The van der Waals surface area contributed by atoms with Crippen LogP contribution in [0, 0.1) is 0 Å². The molecule has 1 rings (SSSR count). The summed E-state index contributed by atoms with van der Waals surface area (Å²) in [6.07, 6.45) is 2.42. The minimum Gasteiger partial charge on any atom is -0.497 e. The standard InChI is InChI=1S/C11H17NO.C3H8.C2H6/c1-3-7-12-9-10-5-4-6-11(8-10)13-2;1-3-2;1-2/h4-6,8,12H,3,7,9H2,1-2H3;3H2,1-2H3;1-2H3. The second kappa shape index (κ2) is 16.0. The first-order chi connectivity index (χ1) is 8.78. The van der Waals surface area contributed by atoms with E-state index in [2.05, 4.69) is 38.2 Å². The molecule has 0 aliphatic heterocycles. The van der Waals surface area contributed by atoms with Gasteiger partial charge in [0.1, 0.15) is 5.75 Å². The third kappa shape index (κ3) is 11.5. The number of benzene rings is 1. The van der Waals surface area contributed by atoms with Gasteiger partial charge in [0.05, 0.1) is 7.11 Å². The first kappa shape index (κ1) is 19.3. The molecule has 1 N–H and O–H groups in total. The number of nitrogens with one attached hydrogen (secondary N) is 1. The Balaban J connectivity index is 0. The minimum atomic E-state index is 0.922. The van der Waals surface area contributed by atoms with Crippen LogP contribution in [0.1, 0.15) is 53.0 Å². The van der Waals surface area contributed by atoms with Crippen LogP contribution in [0.2, 0.25) is 0 Å². The Morgan fingerprint density at radius 2 is 1.72 bits per heavy atom. The second-order valence-corrected chi connectivity index (χ2v) is 3.74. The van der Waals surface area contributed by atoms with Crippen LogP contribution in [0.4, 0.5) is 0 Å². The van der Waals surface area contributed by atoms with Crippen LogP contribution in [0.5, 0.6) is 5.75 Å². The third-order valence-corrected chi connectivity index (χ3v) is 1.89. The van der Waals surface area contributed by atoms with Gasteiger partial charge in [-0.05, 0) is 30.7 Å². The van der Waals surface area contributed by atoms with Gasteiger partial charge in [-0.2, -0.15) is 0 Å². The zero-order valence-corrected chi connectivity index (χ0v) is 13.0. The molecule has 0 spiro atoms. The molecular weight excluding hydrogens is 222 g/mol. The highest BCUT2D eigenvalue weighted by Crippen LogP contribution is 2.11. The molecule has 18 heavy (non-hydrogen) atoms. The van der Waals surface area contributed by atoms with Crippen molar-refractivity contribution in [1.82, 2.24) is 5.32 Å². The van der Waals surface area contributed by atoms with E-state index in [-0.39, 0.29) is 0 Å². The summed E-state index contributed by atoms with van der Waals surface area (Å²) >= 11 is 0. The summed E-state index contributed by atoms with van der Waals surface area (Å²) in [5, 5.41) is 3.35. The molecule has 0 radical (unpaired) electrons. The maximum atomic E-state index is 5.13. The topological polar surface area (TPSA) is 21.3 Å². The minimum absolute atomic E-state index is 0.922. The first-order valence-corrected chi connectivity index (χ1v) is 7.12. The summed E-state index contributed by atoms with van der Waals surface area (Å²) in [6, 6.07) is 8.14. The van der Waals surface area contributed by atoms with Crippen LogP contribution >= 0.6 is 0 Å². The van der Waals surface area contributed by atoms with E-state index in [1.54, 1.807) is 7.11 Å². The van der Waals surface area contributed by atoms with Crippen molar-refractivity contribution in [2.24, 2.45) is 0 Å². The average Bonchev–Trinajstić information content (AvgIpc) is 2.42. The molecule has 2 heteroatoms. The van der Waals surface area contributed by atoms with Crippen LogP contribution < -0.4 is 10.1 Å². The Hall–Kier alpha value is -1.02. The summed E-state index contributed by atoms with van der Waals surface area (Å²) < 4.78 is 5.13. The van der Waals surface area contributed by atoms with Gasteiger partial charge in [0.15, 0.2) is 0 Å². The highest BCUT2D eigenvalue weighted by Gasteiger charge is 1.94. The molecule has 0 fully saturated rings. The predicted molar refractivity (Wildman–Crippen MR) is 82.3 cm³/mol. The van der Waals surface area contributed by atoms with Gasteiger partial charge in [0.25, 0.3) is 0 Å². The Morgan fingerprint density at radius 1 is 1.11 bits per heavy atom. The van der Waals surface area contributed by atoms with Crippen molar-refractivity contribution in [2.75, 3.05) is 13.7 Å². The van der Waals surface area contributed by atoms with Crippen molar-refractivity contribution < 1.29 is 4.74 Å². The van der Waals surface area contributed by atoms with Gasteiger partial charge in [0, 0.05) is 6.54 Å². The van der Waals surface area contributed by atoms with Crippen LogP contribution in [0.25, 0.3) is 0 Å². The van der Waals surface area contributed by atoms with Gasteiger partial charge in [-0.1, -0.05) is 53.2 Å². The third-order valence-electron chi connectivity index (χ3n) is 1.89. The number of hydrogen-bond acceptors (Lipinski definition) is 2. The first-order valence-electron chi connectivity index (χ1n) is 7.12. The molecule has 0 unspecified atom stereocenters. The summed E-state index contributed by atoms with van der Waals surface area (Å²) in [6.45, 7) is 12.4. The lowest BCUT2D eigenvalue weighted by Crippen LogP contribution is -2.13. The quantitative estimate of drug-likeness (QED) is 0.772. The monoisotopic (exact) mass is 253 g/mol. The van der Waals surface area contributed by atoms with E-state index in [4.69, 9.17) is 4.74 Å². The molecule has 0 heterocycles. The molecule has 0 aliphatic carbocycles. The van der Waals surface area contributed by atoms with E-state index in [1.165, 1.54) is 18.4 Å². The van der Waals surface area contributed by atoms with Crippen molar-refractivity contribution in [3.05, 3.63) is 29.8 Å². The molecular formula is C16H31NO. The van der Waals surface area contributed by atoms with Crippen LogP contribution in [0.3, 0.4) is 0 Å². The van der Waals surface area contributed by atoms with E-state index in [0.717, 1.165) is 18.8 Å². The van der Waals surface area contributed by atoms with E-state index in [1.807, 2.05) is 26.0 Å². The van der Waals surface area contributed by atoms with Gasteiger partial charge >= 0.3 is 0 Å². The molecule has 0 bridgehead atoms. The Morgan fingerprint density at radius 3 is 2.22 bits per heavy atom. The zero-order chi connectivity index (χ0) is 14.2. The van der Waals surface area contributed by atoms with Gasteiger partial charge in [-0.15, -0.1) is 0 Å². The highest BCUT2D eigenvalue weighted by atomic mass is 16.5. The van der Waals surface area contributed by atoms with Crippen LogP contribution in [-0.2, 0) is 6.54 Å². The fraction of sp³-hybridized carbons (Fsp3) is 0.625.